The second-order valence-corrected chi connectivity index (χ2v) is 8.06. The van der Waals surface area contributed by atoms with E-state index in [0.717, 1.165) is 22.3 Å². The highest BCUT2D eigenvalue weighted by Crippen LogP contribution is 2.31. The number of aromatic hydroxyl groups is 2. The SMILES string of the molecule is O=C(O)c1cc(Cc2ccc(O)cc2)ccc1Oc1ccc(Cc2ccc(O)cc2)cc1C(=O)O. The number of phenolic OH excluding ortho intramolecular Hbond substituents is 2. The average molecular weight is 470 g/mol. The summed E-state index contributed by atoms with van der Waals surface area (Å²) in [5.41, 5.74) is 3.05. The number of carboxylic acid groups (broad SMARTS) is 2. The Morgan fingerprint density at radius 1 is 0.543 bits per heavy atom. The number of ether oxygens (including phenoxy) is 1. The van der Waals surface area contributed by atoms with E-state index in [2.05, 4.69) is 0 Å². The average Bonchev–Trinajstić information content (AvgIpc) is 2.83. The van der Waals surface area contributed by atoms with Crippen molar-refractivity contribution in [3.63, 3.8) is 0 Å². The molecule has 7 nitrogen and oxygen atoms in total. The number of phenols is 2. The highest BCUT2D eigenvalue weighted by atomic mass is 16.5. The molecule has 0 aliphatic heterocycles. The topological polar surface area (TPSA) is 124 Å². The second-order valence-electron chi connectivity index (χ2n) is 8.06. The number of benzene rings is 4. The van der Waals surface area contributed by atoms with Gasteiger partial charge in [0.15, 0.2) is 0 Å². The Kier molecular flexibility index (Phi) is 6.69. The first kappa shape index (κ1) is 23.4. The number of hydrogen-bond acceptors (Lipinski definition) is 5. The molecule has 35 heavy (non-hydrogen) atoms. The lowest BCUT2D eigenvalue weighted by Gasteiger charge is -2.14. The van der Waals surface area contributed by atoms with Gasteiger partial charge in [0.25, 0.3) is 0 Å². The largest absolute Gasteiger partial charge is 0.508 e. The van der Waals surface area contributed by atoms with Crippen LogP contribution in [-0.2, 0) is 12.8 Å². The molecule has 7 heteroatoms. The van der Waals surface area contributed by atoms with Gasteiger partial charge in [-0.3, -0.25) is 0 Å². The predicted octanol–water partition coefficient (Wildman–Crippen LogP) is 5.47. The second kappa shape index (κ2) is 10.0. The lowest BCUT2D eigenvalue weighted by molar-refractivity contribution is 0.0687. The monoisotopic (exact) mass is 470 g/mol. The van der Waals surface area contributed by atoms with E-state index in [9.17, 15) is 30.0 Å². The van der Waals surface area contributed by atoms with Gasteiger partial charge in [-0.25, -0.2) is 9.59 Å². The molecule has 0 heterocycles. The lowest BCUT2D eigenvalue weighted by Crippen LogP contribution is -2.05. The van der Waals surface area contributed by atoms with Crippen molar-refractivity contribution in [1.29, 1.82) is 0 Å². The van der Waals surface area contributed by atoms with Crippen molar-refractivity contribution in [3.8, 4) is 23.0 Å². The van der Waals surface area contributed by atoms with E-state index in [1.807, 2.05) is 0 Å². The van der Waals surface area contributed by atoms with Gasteiger partial charge in [-0.05, 0) is 83.6 Å². The lowest BCUT2D eigenvalue weighted by atomic mass is 10.0. The smallest absolute Gasteiger partial charge is 0.339 e. The maximum Gasteiger partial charge on any atom is 0.339 e. The van der Waals surface area contributed by atoms with Gasteiger partial charge in [0.2, 0.25) is 0 Å². The van der Waals surface area contributed by atoms with Crippen LogP contribution in [0.25, 0.3) is 0 Å². The standard InChI is InChI=1S/C28H22O7/c29-21-7-1-17(2-8-21)13-19-5-11-25(23(15-19)27(31)32)35-26-12-6-20(16-24(26)28(33)34)14-18-3-9-22(30)10-4-18/h1-12,15-16,29-30H,13-14H2,(H,31,32)(H,33,34). The minimum absolute atomic E-state index is 0.0285. The Morgan fingerprint density at radius 2 is 0.886 bits per heavy atom. The molecule has 4 aromatic rings. The van der Waals surface area contributed by atoms with Gasteiger partial charge in [0.1, 0.15) is 34.1 Å². The molecular weight excluding hydrogens is 448 g/mol. The molecule has 0 spiro atoms. The minimum atomic E-state index is -1.20. The highest BCUT2D eigenvalue weighted by molar-refractivity contribution is 5.93. The van der Waals surface area contributed by atoms with Gasteiger partial charge in [-0.2, -0.15) is 0 Å². The Balaban J connectivity index is 1.60. The van der Waals surface area contributed by atoms with Gasteiger partial charge in [-0.15, -0.1) is 0 Å². The Hall–Kier alpha value is -4.78. The fourth-order valence-corrected chi connectivity index (χ4v) is 3.70. The summed E-state index contributed by atoms with van der Waals surface area (Å²) in [6, 6.07) is 22.7. The fourth-order valence-electron chi connectivity index (χ4n) is 3.70. The first-order chi connectivity index (χ1) is 16.8. The molecule has 0 saturated carbocycles. The molecule has 176 valence electrons. The number of rotatable bonds is 8. The van der Waals surface area contributed by atoms with Crippen molar-refractivity contribution in [3.05, 3.63) is 118 Å². The molecule has 0 fully saturated rings. The van der Waals surface area contributed by atoms with Crippen LogP contribution in [-0.4, -0.2) is 32.4 Å². The maximum atomic E-state index is 11.9. The highest BCUT2D eigenvalue weighted by Gasteiger charge is 2.18. The summed E-state index contributed by atoms with van der Waals surface area (Å²) in [5, 5.41) is 38.3. The molecular formula is C28H22O7. The predicted molar refractivity (Wildman–Crippen MR) is 129 cm³/mol. The molecule has 4 N–H and O–H groups in total. The molecule has 0 amide bonds. The minimum Gasteiger partial charge on any atom is -0.508 e. The van der Waals surface area contributed by atoms with E-state index < -0.39 is 11.9 Å². The number of carbonyl (C=O) groups is 2. The number of hydrogen-bond donors (Lipinski definition) is 4. The van der Waals surface area contributed by atoms with Gasteiger partial charge in [0, 0.05) is 0 Å². The van der Waals surface area contributed by atoms with Crippen LogP contribution < -0.4 is 4.74 Å². The number of aromatic carboxylic acids is 2. The van der Waals surface area contributed by atoms with Crippen LogP contribution in [0.1, 0.15) is 43.0 Å². The zero-order valence-electron chi connectivity index (χ0n) is 18.5. The zero-order chi connectivity index (χ0) is 24.9. The van der Waals surface area contributed by atoms with Crippen LogP contribution >= 0.6 is 0 Å². The summed E-state index contributed by atoms with van der Waals surface area (Å²) in [5.74, 6) is -2.05. The summed E-state index contributed by atoms with van der Waals surface area (Å²) < 4.78 is 5.78. The number of carboxylic acids is 2. The van der Waals surface area contributed by atoms with Crippen LogP contribution in [0.3, 0.4) is 0 Å². The van der Waals surface area contributed by atoms with E-state index in [0.29, 0.717) is 12.8 Å². The van der Waals surface area contributed by atoms with Crippen LogP contribution in [0, 0.1) is 0 Å². The molecule has 0 bridgehead atoms. The van der Waals surface area contributed by atoms with Crippen molar-refractivity contribution in [2.24, 2.45) is 0 Å². The molecule has 0 aromatic heterocycles. The van der Waals surface area contributed by atoms with E-state index in [-0.39, 0.29) is 34.1 Å². The van der Waals surface area contributed by atoms with Gasteiger partial charge in [0.05, 0.1) is 0 Å². The van der Waals surface area contributed by atoms with Gasteiger partial charge < -0.3 is 25.2 Å². The molecule has 4 aromatic carbocycles. The third kappa shape index (κ3) is 5.78. The first-order valence-corrected chi connectivity index (χ1v) is 10.7. The molecule has 0 unspecified atom stereocenters. The van der Waals surface area contributed by atoms with Gasteiger partial charge >= 0.3 is 11.9 Å². The molecule has 4 rings (SSSR count). The van der Waals surface area contributed by atoms with Crippen LogP contribution in [0.2, 0.25) is 0 Å². The van der Waals surface area contributed by atoms with Crippen molar-refractivity contribution in [1.82, 2.24) is 0 Å². The molecule has 0 aliphatic carbocycles. The zero-order valence-corrected chi connectivity index (χ0v) is 18.5. The van der Waals surface area contributed by atoms with Crippen molar-refractivity contribution >= 4 is 11.9 Å². The Labute approximate surface area is 201 Å². The Bertz CT molecular complexity index is 1270. The molecule has 0 aliphatic rings. The fraction of sp³-hybridized carbons (Fsp3) is 0.0714. The van der Waals surface area contributed by atoms with Crippen molar-refractivity contribution in [2.75, 3.05) is 0 Å². The maximum absolute atomic E-state index is 11.9. The summed E-state index contributed by atoms with van der Waals surface area (Å²) in [6.45, 7) is 0. The van der Waals surface area contributed by atoms with E-state index >= 15 is 0 Å². The van der Waals surface area contributed by atoms with E-state index in [1.54, 1.807) is 60.7 Å². The van der Waals surface area contributed by atoms with Gasteiger partial charge in [-0.1, -0.05) is 36.4 Å². The molecule has 0 radical (unpaired) electrons. The van der Waals surface area contributed by atoms with Crippen LogP contribution in [0.5, 0.6) is 23.0 Å². The van der Waals surface area contributed by atoms with Crippen molar-refractivity contribution in [2.45, 2.75) is 12.8 Å². The molecule has 0 saturated heterocycles. The summed E-state index contributed by atoms with van der Waals surface area (Å²) in [6.07, 6.45) is 0.903. The van der Waals surface area contributed by atoms with Crippen LogP contribution in [0.4, 0.5) is 0 Å². The Morgan fingerprint density at radius 3 is 1.23 bits per heavy atom. The summed E-state index contributed by atoms with van der Waals surface area (Å²) in [4.78, 5) is 23.8. The third-order valence-corrected chi connectivity index (χ3v) is 5.46. The first-order valence-electron chi connectivity index (χ1n) is 10.7. The normalized spacial score (nSPS) is 10.6. The quantitative estimate of drug-likeness (QED) is 0.269. The van der Waals surface area contributed by atoms with E-state index in [4.69, 9.17) is 4.74 Å². The van der Waals surface area contributed by atoms with Crippen molar-refractivity contribution < 1.29 is 34.8 Å². The van der Waals surface area contributed by atoms with Crippen LogP contribution in [0.15, 0.2) is 84.9 Å². The summed E-state index contributed by atoms with van der Waals surface area (Å²) >= 11 is 0. The molecule has 0 atom stereocenters. The van der Waals surface area contributed by atoms with E-state index in [1.165, 1.54) is 24.3 Å². The third-order valence-electron chi connectivity index (χ3n) is 5.46. The summed E-state index contributed by atoms with van der Waals surface area (Å²) in [7, 11) is 0.